The zero-order chi connectivity index (χ0) is 15.7. The van der Waals surface area contributed by atoms with Gasteiger partial charge < -0.3 is 9.64 Å². The van der Waals surface area contributed by atoms with Crippen LogP contribution < -0.4 is 0 Å². The lowest BCUT2D eigenvalue weighted by Crippen LogP contribution is -2.50. The predicted octanol–water partition coefficient (Wildman–Crippen LogP) is 3.69. The molecule has 1 saturated carbocycles. The Labute approximate surface area is 132 Å². The summed E-state index contributed by atoms with van der Waals surface area (Å²) in [5.41, 5.74) is 0.0121. The van der Waals surface area contributed by atoms with E-state index in [4.69, 9.17) is 4.74 Å². The molecule has 1 aliphatic carbocycles. The Bertz CT molecular complexity index is 400. The van der Waals surface area contributed by atoms with E-state index in [1.165, 1.54) is 24.6 Å². The highest BCUT2D eigenvalue weighted by atomic mass is 32.2. The topological polar surface area (TPSA) is 46.6 Å². The van der Waals surface area contributed by atoms with Crippen LogP contribution in [0.25, 0.3) is 0 Å². The second-order valence-electron chi connectivity index (χ2n) is 7.54. The number of piperidine rings is 1. The van der Waals surface area contributed by atoms with Gasteiger partial charge in [0.1, 0.15) is 5.60 Å². The van der Waals surface area contributed by atoms with E-state index in [0.29, 0.717) is 11.3 Å². The third kappa shape index (κ3) is 4.63. The highest BCUT2D eigenvalue weighted by Gasteiger charge is 2.46. The Morgan fingerprint density at radius 3 is 2.29 bits per heavy atom. The summed E-state index contributed by atoms with van der Waals surface area (Å²) in [6.07, 6.45) is 4.41. The predicted molar refractivity (Wildman–Crippen MR) is 85.3 cm³/mol. The highest BCUT2D eigenvalue weighted by molar-refractivity contribution is 8.13. The summed E-state index contributed by atoms with van der Waals surface area (Å²) < 4.78 is 5.43. The minimum absolute atomic E-state index is 0.180. The second kappa shape index (κ2) is 6.19. The molecular weight excluding hydrogens is 286 g/mol. The number of likely N-dealkylation sites (tertiary alicyclic amines) is 1. The molecular formula is C16H27NO3S. The van der Waals surface area contributed by atoms with Gasteiger partial charge in [0.25, 0.3) is 0 Å². The van der Waals surface area contributed by atoms with Crippen molar-refractivity contribution in [3.05, 3.63) is 0 Å². The molecule has 0 unspecified atom stereocenters. The first-order valence-electron chi connectivity index (χ1n) is 7.80. The first-order valence-corrected chi connectivity index (χ1v) is 8.79. The van der Waals surface area contributed by atoms with Crippen molar-refractivity contribution < 1.29 is 14.3 Å². The first-order chi connectivity index (χ1) is 9.69. The van der Waals surface area contributed by atoms with Gasteiger partial charge in [-0.1, -0.05) is 11.8 Å². The molecule has 1 spiro atoms. The van der Waals surface area contributed by atoms with E-state index < -0.39 is 5.60 Å². The Kier molecular flexibility index (Phi) is 4.91. The molecule has 0 N–H and O–H groups in total. The second-order valence-corrected chi connectivity index (χ2v) is 8.74. The van der Waals surface area contributed by atoms with E-state index in [1.807, 2.05) is 25.7 Å². The Hall–Kier alpha value is -0.710. The van der Waals surface area contributed by atoms with Crippen molar-refractivity contribution in [2.45, 2.75) is 59.0 Å². The first kappa shape index (κ1) is 16.7. The molecule has 120 valence electrons. The molecule has 4 nitrogen and oxygen atoms in total. The van der Waals surface area contributed by atoms with Gasteiger partial charge in [0.2, 0.25) is 0 Å². The molecule has 0 aromatic heterocycles. The summed E-state index contributed by atoms with van der Waals surface area (Å²) in [5, 5.41) is 0.218. The van der Waals surface area contributed by atoms with Gasteiger partial charge >= 0.3 is 6.09 Å². The normalized spacial score (nSPS) is 22.0. The number of ether oxygens (including phenoxy) is 1. The van der Waals surface area contributed by atoms with Crippen molar-refractivity contribution in [1.82, 2.24) is 4.90 Å². The maximum atomic E-state index is 12.0. The van der Waals surface area contributed by atoms with Crippen LogP contribution in [-0.4, -0.2) is 40.6 Å². The van der Waals surface area contributed by atoms with Gasteiger partial charge in [-0.3, -0.25) is 4.79 Å². The van der Waals surface area contributed by atoms with Crippen LogP contribution in [0, 0.1) is 11.3 Å². The van der Waals surface area contributed by atoms with Gasteiger partial charge in [0, 0.05) is 25.8 Å². The van der Waals surface area contributed by atoms with Gasteiger partial charge in [0.05, 0.1) is 0 Å². The SMILES string of the molecule is CC(=O)SCC1CC2(CCN(C(=O)OC(C)(C)C)CC2)C1. The van der Waals surface area contributed by atoms with Crippen LogP contribution in [0.3, 0.4) is 0 Å². The number of nitrogens with zero attached hydrogens (tertiary/aromatic N) is 1. The number of amides is 1. The van der Waals surface area contributed by atoms with Crippen molar-refractivity contribution in [2.75, 3.05) is 18.8 Å². The third-order valence-corrected chi connectivity index (χ3v) is 5.49. The average Bonchev–Trinajstić information content (AvgIpc) is 2.32. The maximum Gasteiger partial charge on any atom is 0.410 e. The smallest absolute Gasteiger partial charge is 0.410 e. The zero-order valence-corrected chi connectivity index (χ0v) is 14.4. The zero-order valence-electron chi connectivity index (χ0n) is 13.6. The van der Waals surface area contributed by atoms with Crippen molar-refractivity contribution in [1.29, 1.82) is 0 Å². The summed E-state index contributed by atoms with van der Waals surface area (Å²) in [4.78, 5) is 24.9. The molecule has 5 heteroatoms. The monoisotopic (exact) mass is 313 g/mol. The third-order valence-electron chi connectivity index (χ3n) is 4.44. The Morgan fingerprint density at radius 2 is 1.81 bits per heavy atom. The quantitative estimate of drug-likeness (QED) is 0.780. The fourth-order valence-electron chi connectivity index (χ4n) is 3.42. The van der Waals surface area contributed by atoms with Crippen LogP contribution in [0.4, 0.5) is 4.79 Å². The van der Waals surface area contributed by atoms with Gasteiger partial charge in [-0.2, -0.15) is 0 Å². The molecule has 21 heavy (non-hydrogen) atoms. The highest BCUT2D eigenvalue weighted by Crippen LogP contribution is 2.53. The molecule has 1 saturated heterocycles. The molecule has 0 bridgehead atoms. The van der Waals surface area contributed by atoms with Gasteiger partial charge in [-0.05, 0) is 57.8 Å². The fourth-order valence-corrected chi connectivity index (χ4v) is 4.12. The lowest BCUT2D eigenvalue weighted by Gasteiger charge is -2.52. The summed E-state index contributed by atoms with van der Waals surface area (Å²) in [6, 6.07) is 0. The van der Waals surface area contributed by atoms with Crippen LogP contribution in [-0.2, 0) is 9.53 Å². The van der Waals surface area contributed by atoms with Crippen molar-refractivity contribution >= 4 is 23.0 Å². The molecule has 0 atom stereocenters. The van der Waals surface area contributed by atoms with Crippen LogP contribution >= 0.6 is 11.8 Å². The van der Waals surface area contributed by atoms with Crippen LogP contribution in [0.1, 0.15) is 53.4 Å². The molecule has 2 rings (SSSR count). The minimum atomic E-state index is -0.419. The van der Waals surface area contributed by atoms with Gasteiger partial charge in [-0.15, -0.1) is 0 Å². The molecule has 0 aromatic carbocycles. The Balaban J connectivity index is 1.72. The molecule has 0 radical (unpaired) electrons. The van der Waals surface area contributed by atoms with Gasteiger partial charge in [0.15, 0.2) is 5.12 Å². The van der Waals surface area contributed by atoms with E-state index in [0.717, 1.165) is 31.7 Å². The van der Waals surface area contributed by atoms with Crippen molar-refractivity contribution in [2.24, 2.45) is 11.3 Å². The largest absolute Gasteiger partial charge is 0.444 e. The fraction of sp³-hybridized carbons (Fsp3) is 0.875. The molecule has 1 heterocycles. The number of hydrogen-bond donors (Lipinski definition) is 0. The summed E-state index contributed by atoms with van der Waals surface area (Å²) in [6.45, 7) is 8.96. The lowest BCUT2D eigenvalue weighted by molar-refractivity contribution is -0.109. The Morgan fingerprint density at radius 1 is 1.24 bits per heavy atom. The van der Waals surface area contributed by atoms with E-state index in [1.54, 1.807) is 6.92 Å². The van der Waals surface area contributed by atoms with E-state index >= 15 is 0 Å². The minimum Gasteiger partial charge on any atom is -0.444 e. The van der Waals surface area contributed by atoms with Crippen LogP contribution in [0.15, 0.2) is 0 Å². The summed E-state index contributed by atoms with van der Waals surface area (Å²) in [7, 11) is 0. The molecule has 0 aromatic rings. The van der Waals surface area contributed by atoms with Crippen molar-refractivity contribution in [3.63, 3.8) is 0 Å². The number of thioether (sulfide) groups is 1. The average molecular weight is 313 g/mol. The van der Waals surface area contributed by atoms with E-state index in [-0.39, 0.29) is 11.2 Å². The van der Waals surface area contributed by atoms with Crippen LogP contribution in [0.5, 0.6) is 0 Å². The van der Waals surface area contributed by atoms with Crippen molar-refractivity contribution in [3.8, 4) is 0 Å². The number of rotatable bonds is 2. The number of hydrogen-bond acceptors (Lipinski definition) is 4. The van der Waals surface area contributed by atoms with Gasteiger partial charge in [-0.25, -0.2) is 4.79 Å². The van der Waals surface area contributed by atoms with E-state index in [9.17, 15) is 9.59 Å². The maximum absolute atomic E-state index is 12.0. The number of carbonyl (C=O) groups excluding carboxylic acids is 2. The standard InChI is InChI=1S/C16H27NO3S/c1-12(18)21-11-13-9-16(10-13)5-7-17(8-6-16)14(19)20-15(2,3)4/h13H,5-11H2,1-4H3. The molecule has 1 aliphatic heterocycles. The van der Waals surface area contributed by atoms with E-state index in [2.05, 4.69) is 0 Å². The number of carbonyl (C=O) groups is 2. The lowest BCUT2D eigenvalue weighted by atomic mass is 9.58. The summed E-state index contributed by atoms with van der Waals surface area (Å²) >= 11 is 1.45. The summed E-state index contributed by atoms with van der Waals surface area (Å²) in [5.74, 6) is 1.65. The molecule has 2 fully saturated rings. The molecule has 2 aliphatic rings. The van der Waals surface area contributed by atoms with Crippen LogP contribution in [0.2, 0.25) is 0 Å². The molecule has 1 amide bonds.